The van der Waals surface area contributed by atoms with Crippen molar-refractivity contribution in [1.29, 1.82) is 0 Å². The van der Waals surface area contributed by atoms with E-state index >= 15 is 0 Å². The number of H-pyrrole nitrogens is 1. The first-order valence-corrected chi connectivity index (χ1v) is 7.43. The van der Waals surface area contributed by atoms with Crippen LogP contribution in [0.2, 0.25) is 0 Å². The Labute approximate surface area is 132 Å². The fraction of sp³-hybridized carbons (Fsp3) is 0.312. The van der Waals surface area contributed by atoms with Gasteiger partial charge in [0.15, 0.2) is 6.10 Å². The molecule has 120 valence electrons. The fourth-order valence-electron chi connectivity index (χ4n) is 2.54. The van der Waals surface area contributed by atoms with Gasteiger partial charge in [0.1, 0.15) is 11.6 Å². The third-order valence-electron chi connectivity index (χ3n) is 3.65. The van der Waals surface area contributed by atoms with Crippen LogP contribution in [0.1, 0.15) is 17.8 Å². The average molecular weight is 315 g/mol. The van der Waals surface area contributed by atoms with E-state index in [9.17, 15) is 14.7 Å². The number of carbonyl (C=O) groups is 1. The third kappa shape index (κ3) is 3.68. The second-order valence-corrected chi connectivity index (χ2v) is 5.34. The molecule has 0 fully saturated rings. The molecule has 7 nitrogen and oxygen atoms in total. The van der Waals surface area contributed by atoms with Crippen LogP contribution >= 0.6 is 0 Å². The molecule has 2 aromatic rings. The van der Waals surface area contributed by atoms with Gasteiger partial charge >= 0.3 is 0 Å². The number of aromatic hydroxyl groups is 1. The number of nitrogens with one attached hydrogen (secondary N) is 2. The molecule has 3 N–H and O–H groups in total. The molecule has 0 unspecified atom stereocenters. The van der Waals surface area contributed by atoms with Crippen molar-refractivity contribution in [2.45, 2.75) is 25.4 Å². The summed E-state index contributed by atoms with van der Waals surface area (Å²) in [5.74, 6) is 0.549. The molecule has 1 aliphatic rings. The molecular weight excluding hydrogens is 298 g/mol. The minimum absolute atomic E-state index is 0.193. The maximum Gasteiger partial charge on any atom is 0.261 e. The van der Waals surface area contributed by atoms with Gasteiger partial charge in [-0.15, -0.1) is 0 Å². The number of carbonyl (C=O) groups excluding carboxylic acids is 1. The van der Waals surface area contributed by atoms with E-state index in [1.807, 2.05) is 24.3 Å². The van der Waals surface area contributed by atoms with Gasteiger partial charge in [0, 0.05) is 13.0 Å². The normalized spacial score (nSPS) is 16.3. The van der Waals surface area contributed by atoms with Crippen molar-refractivity contribution in [1.82, 2.24) is 15.3 Å². The third-order valence-corrected chi connectivity index (χ3v) is 3.65. The van der Waals surface area contributed by atoms with Crippen molar-refractivity contribution in [3.63, 3.8) is 0 Å². The molecule has 0 saturated carbocycles. The minimum atomic E-state index is -0.513. The Balaban J connectivity index is 1.53. The van der Waals surface area contributed by atoms with Gasteiger partial charge in [-0.25, -0.2) is 4.98 Å². The molecule has 23 heavy (non-hydrogen) atoms. The Morgan fingerprint density at radius 3 is 3.09 bits per heavy atom. The lowest BCUT2D eigenvalue weighted by Crippen LogP contribution is -2.41. The smallest absolute Gasteiger partial charge is 0.261 e. The first-order valence-electron chi connectivity index (χ1n) is 7.43. The molecule has 0 saturated heterocycles. The number of fused-ring (bicyclic) bond motifs is 1. The van der Waals surface area contributed by atoms with Crippen LogP contribution in [0, 0.1) is 0 Å². The maximum atomic E-state index is 12.2. The Kier molecular flexibility index (Phi) is 4.27. The highest BCUT2D eigenvalue weighted by Gasteiger charge is 2.25. The molecule has 2 heterocycles. The molecule has 0 aliphatic carbocycles. The number of aromatic amines is 1. The highest BCUT2D eigenvalue weighted by atomic mass is 16.5. The van der Waals surface area contributed by atoms with E-state index in [0.29, 0.717) is 25.2 Å². The van der Waals surface area contributed by atoms with E-state index in [1.54, 1.807) is 0 Å². The number of nitrogens with zero attached hydrogens (tertiary/aromatic N) is 1. The van der Waals surface area contributed by atoms with E-state index in [0.717, 1.165) is 23.8 Å². The summed E-state index contributed by atoms with van der Waals surface area (Å²) >= 11 is 0. The molecule has 3 rings (SSSR count). The second-order valence-electron chi connectivity index (χ2n) is 5.34. The number of hydrogen-bond donors (Lipinski definition) is 3. The summed E-state index contributed by atoms with van der Waals surface area (Å²) in [5, 5.41) is 12.0. The van der Waals surface area contributed by atoms with Gasteiger partial charge in [0.25, 0.3) is 11.5 Å². The van der Waals surface area contributed by atoms with Gasteiger partial charge in [-0.1, -0.05) is 18.2 Å². The van der Waals surface area contributed by atoms with E-state index in [4.69, 9.17) is 4.74 Å². The van der Waals surface area contributed by atoms with Crippen LogP contribution in [0.3, 0.4) is 0 Å². The number of para-hydroxylation sites is 1. The van der Waals surface area contributed by atoms with Crippen LogP contribution in [0.5, 0.6) is 11.6 Å². The Morgan fingerprint density at radius 2 is 2.26 bits per heavy atom. The number of amides is 1. The van der Waals surface area contributed by atoms with Crippen molar-refractivity contribution in [3.8, 4) is 11.6 Å². The predicted molar refractivity (Wildman–Crippen MR) is 82.4 cm³/mol. The topological polar surface area (TPSA) is 104 Å². The van der Waals surface area contributed by atoms with Gasteiger partial charge in [0.2, 0.25) is 5.88 Å². The number of benzene rings is 1. The maximum absolute atomic E-state index is 12.2. The summed E-state index contributed by atoms with van der Waals surface area (Å²) in [4.78, 5) is 29.7. The Hall–Kier alpha value is -2.83. The molecule has 0 bridgehead atoms. The highest BCUT2D eigenvalue weighted by Crippen LogP contribution is 2.26. The predicted octanol–water partition coefficient (Wildman–Crippen LogP) is 0.528. The molecule has 1 atom stereocenters. The second kappa shape index (κ2) is 6.51. The van der Waals surface area contributed by atoms with E-state index in [1.165, 1.54) is 0 Å². The summed E-state index contributed by atoms with van der Waals surface area (Å²) in [6.45, 7) is 0.298. The molecule has 0 radical (unpaired) electrons. The molecule has 1 aromatic heterocycles. The summed E-state index contributed by atoms with van der Waals surface area (Å²) in [6.07, 6.45) is 1.24. The number of rotatable bonds is 4. The molecule has 7 heteroatoms. The lowest BCUT2D eigenvalue weighted by Gasteiger charge is -2.25. The van der Waals surface area contributed by atoms with Gasteiger partial charge in [-0.05, 0) is 24.5 Å². The lowest BCUT2D eigenvalue weighted by molar-refractivity contribution is -0.128. The summed E-state index contributed by atoms with van der Waals surface area (Å²) in [5.41, 5.74) is 0.684. The first-order chi connectivity index (χ1) is 11.1. The monoisotopic (exact) mass is 315 g/mol. The van der Waals surface area contributed by atoms with Gasteiger partial charge in [-0.3, -0.25) is 9.59 Å². The van der Waals surface area contributed by atoms with Crippen molar-refractivity contribution in [2.24, 2.45) is 0 Å². The van der Waals surface area contributed by atoms with Crippen LogP contribution < -0.4 is 15.6 Å². The molecule has 1 aromatic carbocycles. The average Bonchev–Trinajstić information content (AvgIpc) is 2.53. The molecule has 1 aliphatic heterocycles. The van der Waals surface area contributed by atoms with Crippen LogP contribution in [0.25, 0.3) is 0 Å². The molecule has 0 spiro atoms. The van der Waals surface area contributed by atoms with Gasteiger partial charge in [-0.2, -0.15) is 0 Å². The van der Waals surface area contributed by atoms with Gasteiger partial charge in [0.05, 0.1) is 6.07 Å². The largest absolute Gasteiger partial charge is 0.493 e. The van der Waals surface area contributed by atoms with Crippen molar-refractivity contribution >= 4 is 5.91 Å². The van der Waals surface area contributed by atoms with Crippen molar-refractivity contribution < 1.29 is 14.6 Å². The van der Waals surface area contributed by atoms with Crippen LogP contribution in [0.4, 0.5) is 0 Å². The summed E-state index contributed by atoms with van der Waals surface area (Å²) in [6, 6.07) is 8.67. The minimum Gasteiger partial charge on any atom is -0.493 e. The van der Waals surface area contributed by atoms with Crippen LogP contribution in [-0.2, 0) is 17.6 Å². The lowest BCUT2D eigenvalue weighted by atomic mass is 10.0. The Bertz CT molecular complexity index is 772. The Morgan fingerprint density at radius 1 is 1.43 bits per heavy atom. The number of aromatic nitrogens is 2. The van der Waals surface area contributed by atoms with Crippen LogP contribution in [0.15, 0.2) is 35.1 Å². The number of aryl methyl sites for hydroxylation is 1. The van der Waals surface area contributed by atoms with E-state index in [-0.39, 0.29) is 11.8 Å². The SMILES string of the molecule is O=C(NCCc1nc(O)cc(=O)[nH]1)[C@H]1CCc2ccccc2O1. The first kappa shape index (κ1) is 15.1. The number of ether oxygens (including phenoxy) is 1. The van der Waals surface area contributed by atoms with Gasteiger partial charge < -0.3 is 20.1 Å². The summed E-state index contributed by atoms with van der Waals surface area (Å²) in [7, 11) is 0. The zero-order valence-electron chi connectivity index (χ0n) is 12.4. The molecular formula is C16H17N3O4. The zero-order chi connectivity index (χ0) is 16.2. The van der Waals surface area contributed by atoms with Crippen molar-refractivity contribution in [2.75, 3.05) is 6.54 Å². The highest BCUT2D eigenvalue weighted by molar-refractivity contribution is 5.81. The van der Waals surface area contributed by atoms with Crippen LogP contribution in [-0.4, -0.2) is 33.6 Å². The van der Waals surface area contributed by atoms with E-state index < -0.39 is 11.7 Å². The number of hydrogen-bond acceptors (Lipinski definition) is 5. The quantitative estimate of drug-likeness (QED) is 0.763. The van der Waals surface area contributed by atoms with E-state index in [2.05, 4.69) is 15.3 Å². The van der Waals surface area contributed by atoms with Crippen molar-refractivity contribution in [3.05, 3.63) is 52.1 Å². The fourth-order valence-corrected chi connectivity index (χ4v) is 2.54. The zero-order valence-corrected chi connectivity index (χ0v) is 12.4. The molecule has 1 amide bonds. The standard InChI is InChI=1S/C16H17N3O4/c20-14-9-15(21)19-13(18-14)7-8-17-16(22)12-6-5-10-3-1-2-4-11(10)23-12/h1-4,9,12H,5-8H2,(H,17,22)(H2,18,19,20,21)/t12-/m1/s1. The summed E-state index contributed by atoms with van der Waals surface area (Å²) < 4.78 is 5.71.